The van der Waals surface area contributed by atoms with E-state index in [1.54, 1.807) is 4.90 Å². The van der Waals surface area contributed by atoms with Gasteiger partial charge < -0.3 is 14.6 Å². The molecule has 3 atom stereocenters. The Hall–Kier alpha value is -1.30. The summed E-state index contributed by atoms with van der Waals surface area (Å²) >= 11 is 0. The van der Waals surface area contributed by atoms with Crippen molar-refractivity contribution < 1.29 is 24.2 Å². The van der Waals surface area contributed by atoms with Crippen molar-refractivity contribution in [3.8, 4) is 0 Å². The van der Waals surface area contributed by atoms with Crippen molar-refractivity contribution >= 4 is 12.1 Å². The number of ether oxygens (including phenoxy) is 2. The first-order valence-corrected chi connectivity index (χ1v) is 11.2. The van der Waals surface area contributed by atoms with Gasteiger partial charge in [0.05, 0.1) is 18.1 Å². The van der Waals surface area contributed by atoms with Gasteiger partial charge in [-0.2, -0.15) is 0 Å². The van der Waals surface area contributed by atoms with Crippen LogP contribution in [0.4, 0.5) is 4.79 Å². The van der Waals surface area contributed by atoms with Crippen molar-refractivity contribution in [2.45, 2.75) is 117 Å². The number of carboxylic acids is 1. The molecule has 0 aromatic rings. The summed E-state index contributed by atoms with van der Waals surface area (Å²) in [6, 6.07) is -0.163. The molecule has 1 saturated heterocycles. The molecule has 1 saturated carbocycles. The van der Waals surface area contributed by atoms with Gasteiger partial charge in [0.2, 0.25) is 0 Å². The van der Waals surface area contributed by atoms with Crippen LogP contribution in [0.3, 0.4) is 0 Å². The molecule has 2 rings (SSSR count). The smallest absolute Gasteiger partial charge is 0.412 e. The maximum Gasteiger partial charge on any atom is 0.412 e. The normalized spacial score (nSPS) is 26.6. The molecule has 1 N–H and O–H groups in total. The fourth-order valence-corrected chi connectivity index (χ4v) is 4.87. The molecule has 2 fully saturated rings. The van der Waals surface area contributed by atoms with E-state index in [1.165, 1.54) is 32.1 Å². The summed E-state index contributed by atoms with van der Waals surface area (Å²) in [6.45, 7) is 13.2. The molecule has 0 aromatic carbocycles. The summed E-state index contributed by atoms with van der Waals surface area (Å²) in [5, 5.41) is 9.71. The quantitative estimate of drug-likeness (QED) is 0.629. The molecule has 2 aliphatic rings. The first-order valence-electron chi connectivity index (χ1n) is 11.2. The minimum absolute atomic E-state index is 0.00474. The molecule has 1 amide bonds. The number of hydrogen-bond acceptors (Lipinski definition) is 4. The zero-order chi connectivity index (χ0) is 22.0. The van der Waals surface area contributed by atoms with Crippen LogP contribution >= 0.6 is 0 Å². The van der Waals surface area contributed by atoms with Gasteiger partial charge in [-0.05, 0) is 59.3 Å². The standard InChI is InChI=1S/C23H41NO5/c1-15(2)17(20(25)26)14-19-18(13-16-11-9-8-10-12-16)24(23(6,7)28-19)21(27)29-22(3,4)5/h15-19H,8-14H2,1-7H3,(H,25,26)/t17-,18-,19-/m0/s1. The summed E-state index contributed by atoms with van der Waals surface area (Å²) in [5.74, 6) is -0.747. The SMILES string of the molecule is CC(C)[C@H](C[C@@H]1OC(C)(C)N(C(=O)OC(C)(C)C)[C@H]1CC1CCCCC1)C(=O)O. The molecule has 0 aromatic heterocycles. The molecule has 0 spiro atoms. The Bertz CT molecular complexity index is 574. The number of amides is 1. The highest BCUT2D eigenvalue weighted by molar-refractivity contribution is 5.71. The van der Waals surface area contributed by atoms with Crippen LogP contribution in [-0.2, 0) is 14.3 Å². The molecule has 29 heavy (non-hydrogen) atoms. The van der Waals surface area contributed by atoms with Crippen LogP contribution in [0, 0.1) is 17.8 Å². The fraction of sp³-hybridized carbons (Fsp3) is 0.913. The van der Waals surface area contributed by atoms with Crippen LogP contribution in [0.2, 0.25) is 0 Å². The van der Waals surface area contributed by atoms with E-state index in [2.05, 4.69) is 0 Å². The molecule has 6 heteroatoms. The Balaban J connectivity index is 2.30. The van der Waals surface area contributed by atoms with Crippen molar-refractivity contribution in [2.75, 3.05) is 0 Å². The van der Waals surface area contributed by atoms with E-state index < -0.39 is 23.2 Å². The second kappa shape index (κ2) is 9.23. The van der Waals surface area contributed by atoms with Crippen molar-refractivity contribution in [1.29, 1.82) is 0 Å². The van der Waals surface area contributed by atoms with Gasteiger partial charge in [0, 0.05) is 0 Å². The summed E-state index contributed by atoms with van der Waals surface area (Å²) < 4.78 is 12.1. The number of nitrogens with zero attached hydrogens (tertiary/aromatic N) is 1. The maximum atomic E-state index is 13.1. The highest BCUT2D eigenvalue weighted by atomic mass is 16.6. The minimum Gasteiger partial charge on any atom is -0.481 e. The van der Waals surface area contributed by atoms with Crippen molar-refractivity contribution in [3.63, 3.8) is 0 Å². The average molecular weight is 412 g/mol. The lowest BCUT2D eigenvalue weighted by Crippen LogP contribution is -2.51. The third-order valence-corrected chi connectivity index (χ3v) is 6.28. The zero-order valence-electron chi connectivity index (χ0n) is 19.4. The average Bonchev–Trinajstić information content (AvgIpc) is 2.81. The number of carbonyl (C=O) groups excluding carboxylic acids is 1. The first-order chi connectivity index (χ1) is 13.3. The van der Waals surface area contributed by atoms with Gasteiger partial charge in [-0.25, -0.2) is 4.79 Å². The van der Waals surface area contributed by atoms with Crippen LogP contribution in [0.5, 0.6) is 0 Å². The van der Waals surface area contributed by atoms with Gasteiger partial charge in [0.1, 0.15) is 11.3 Å². The number of carbonyl (C=O) groups is 2. The highest BCUT2D eigenvalue weighted by Crippen LogP contribution is 2.41. The molecule has 1 heterocycles. The Kier molecular flexibility index (Phi) is 7.63. The van der Waals surface area contributed by atoms with Gasteiger partial charge in [-0.15, -0.1) is 0 Å². The van der Waals surface area contributed by atoms with Crippen molar-refractivity contribution in [2.24, 2.45) is 17.8 Å². The van der Waals surface area contributed by atoms with E-state index in [0.717, 1.165) is 6.42 Å². The van der Waals surface area contributed by atoms with Crippen LogP contribution < -0.4 is 0 Å². The third kappa shape index (κ3) is 6.34. The third-order valence-electron chi connectivity index (χ3n) is 6.28. The molecule has 0 radical (unpaired) electrons. The topological polar surface area (TPSA) is 76.1 Å². The lowest BCUT2D eigenvalue weighted by Gasteiger charge is -2.37. The zero-order valence-corrected chi connectivity index (χ0v) is 19.4. The van der Waals surface area contributed by atoms with E-state index in [1.807, 2.05) is 48.5 Å². The van der Waals surface area contributed by atoms with E-state index in [4.69, 9.17) is 9.47 Å². The highest BCUT2D eigenvalue weighted by Gasteiger charge is 2.52. The van der Waals surface area contributed by atoms with E-state index >= 15 is 0 Å². The van der Waals surface area contributed by atoms with Gasteiger partial charge in [-0.3, -0.25) is 9.69 Å². The molecule has 6 nitrogen and oxygen atoms in total. The molecule has 0 unspecified atom stereocenters. The van der Waals surface area contributed by atoms with E-state index in [9.17, 15) is 14.7 Å². The molecule has 1 aliphatic carbocycles. The van der Waals surface area contributed by atoms with Gasteiger partial charge in [-0.1, -0.05) is 46.0 Å². The second-order valence-corrected chi connectivity index (χ2v) is 10.7. The summed E-state index contributed by atoms with van der Waals surface area (Å²) in [6.07, 6.45) is 6.63. The summed E-state index contributed by atoms with van der Waals surface area (Å²) in [5.41, 5.74) is -1.42. The Labute approximate surface area is 176 Å². The number of carboxylic acid groups (broad SMARTS) is 1. The van der Waals surface area contributed by atoms with E-state index in [0.29, 0.717) is 12.3 Å². The maximum absolute atomic E-state index is 13.1. The first kappa shape index (κ1) is 24.0. The van der Waals surface area contributed by atoms with Crippen LogP contribution in [-0.4, -0.2) is 45.5 Å². The predicted molar refractivity (Wildman–Crippen MR) is 113 cm³/mol. The number of hydrogen-bond donors (Lipinski definition) is 1. The predicted octanol–water partition coefficient (Wildman–Crippen LogP) is 5.44. The number of aliphatic carboxylic acids is 1. The lowest BCUT2D eigenvalue weighted by atomic mass is 9.81. The van der Waals surface area contributed by atoms with Crippen molar-refractivity contribution in [3.05, 3.63) is 0 Å². The summed E-state index contributed by atoms with van der Waals surface area (Å²) in [7, 11) is 0. The van der Waals surface area contributed by atoms with Gasteiger partial charge in [0.25, 0.3) is 0 Å². The fourth-order valence-electron chi connectivity index (χ4n) is 4.87. The Morgan fingerprint density at radius 1 is 1.17 bits per heavy atom. The monoisotopic (exact) mass is 411 g/mol. The van der Waals surface area contributed by atoms with Gasteiger partial charge in [0.15, 0.2) is 0 Å². The Morgan fingerprint density at radius 2 is 1.76 bits per heavy atom. The minimum atomic E-state index is -0.827. The molecule has 0 bridgehead atoms. The molecule has 1 aliphatic heterocycles. The van der Waals surface area contributed by atoms with Crippen LogP contribution in [0.15, 0.2) is 0 Å². The molecule has 168 valence electrons. The Morgan fingerprint density at radius 3 is 2.24 bits per heavy atom. The molecular formula is C23H41NO5. The van der Waals surface area contributed by atoms with Gasteiger partial charge >= 0.3 is 12.1 Å². The van der Waals surface area contributed by atoms with Crippen LogP contribution in [0.25, 0.3) is 0 Å². The number of rotatable bonds is 6. The van der Waals surface area contributed by atoms with Crippen LogP contribution in [0.1, 0.15) is 93.4 Å². The van der Waals surface area contributed by atoms with E-state index in [-0.39, 0.29) is 24.2 Å². The second-order valence-electron chi connectivity index (χ2n) is 10.7. The van der Waals surface area contributed by atoms with Crippen molar-refractivity contribution in [1.82, 2.24) is 4.90 Å². The summed E-state index contributed by atoms with van der Waals surface area (Å²) in [4.78, 5) is 26.7. The lowest BCUT2D eigenvalue weighted by molar-refractivity contribution is -0.146. The molecular weight excluding hydrogens is 370 g/mol. The largest absolute Gasteiger partial charge is 0.481 e.